The summed E-state index contributed by atoms with van der Waals surface area (Å²) in [5.41, 5.74) is 0.572. The van der Waals surface area contributed by atoms with Gasteiger partial charge in [0.1, 0.15) is 11.6 Å². The average molecular weight is 264 g/mol. The molecule has 2 aromatic carbocycles. The molecule has 0 unspecified atom stereocenters. The highest BCUT2D eigenvalue weighted by Gasteiger charge is 2.06. The van der Waals surface area contributed by atoms with E-state index >= 15 is 0 Å². The maximum Gasteiger partial charge on any atom is 0.137 e. The van der Waals surface area contributed by atoms with Gasteiger partial charge < -0.3 is 9.84 Å². The maximum absolute atomic E-state index is 13.7. The first kappa shape index (κ1) is 12.9. The molecule has 94 valence electrons. The lowest BCUT2D eigenvalue weighted by atomic mass is 10.2. The van der Waals surface area contributed by atoms with E-state index in [2.05, 4.69) is 0 Å². The van der Waals surface area contributed by atoms with Crippen molar-refractivity contribution in [2.45, 2.75) is 16.4 Å². The van der Waals surface area contributed by atoms with E-state index in [0.29, 0.717) is 10.5 Å². The van der Waals surface area contributed by atoms with Crippen molar-refractivity contribution in [3.63, 3.8) is 0 Å². The van der Waals surface area contributed by atoms with E-state index in [9.17, 15) is 4.39 Å². The van der Waals surface area contributed by atoms with Gasteiger partial charge in [-0.05, 0) is 35.9 Å². The van der Waals surface area contributed by atoms with Crippen molar-refractivity contribution in [3.05, 3.63) is 53.8 Å². The van der Waals surface area contributed by atoms with Crippen LogP contribution in [0, 0.1) is 5.82 Å². The first-order chi connectivity index (χ1) is 8.72. The van der Waals surface area contributed by atoms with Crippen LogP contribution in [-0.4, -0.2) is 12.2 Å². The molecule has 2 nitrogen and oxygen atoms in total. The van der Waals surface area contributed by atoms with Crippen molar-refractivity contribution in [2.75, 3.05) is 7.11 Å². The molecule has 4 heteroatoms. The minimum absolute atomic E-state index is 0.152. The van der Waals surface area contributed by atoms with Crippen LogP contribution in [0.5, 0.6) is 5.75 Å². The predicted octanol–water partition coefficient (Wildman–Crippen LogP) is 3.48. The van der Waals surface area contributed by atoms with E-state index in [0.717, 1.165) is 10.6 Å². The topological polar surface area (TPSA) is 29.5 Å². The molecular formula is C14H13FO2S. The van der Waals surface area contributed by atoms with Gasteiger partial charge in [-0.2, -0.15) is 0 Å². The lowest BCUT2D eigenvalue weighted by Crippen LogP contribution is -1.88. The Morgan fingerprint density at radius 3 is 2.72 bits per heavy atom. The number of hydrogen-bond acceptors (Lipinski definition) is 3. The second kappa shape index (κ2) is 5.89. The van der Waals surface area contributed by atoms with Gasteiger partial charge in [-0.1, -0.05) is 23.9 Å². The fraction of sp³-hybridized carbons (Fsp3) is 0.143. The molecule has 0 aliphatic heterocycles. The number of aliphatic hydroxyl groups is 1. The normalized spacial score (nSPS) is 10.4. The lowest BCUT2D eigenvalue weighted by molar-refractivity contribution is 0.281. The summed E-state index contributed by atoms with van der Waals surface area (Å²) in [4.78, 5) is 1.44. The van der Waals surface area contributed by atoms with E-state index in [4.69, 9.17) is 9.84 Å². The second-order valence-corrected chi connectivity index (χ2v) is 4.82. The first-order valence-corrected chi connectivity index (χ1v) is 6.26. The summed E-state index contributed by atoms with van der Waals surface area (Å²) in [5, 5.41) is 8.92. The molecule has 0 aliphatic rings. The van der Waals surface area contributed by atoms with Gasteiger partial charge in [0.15, 0.2) is 0 Å². The van der Waals surface area contributed by atoms with Crippen LogP contribution in [0.1, 0.15) is 5.56 Å². The van der Waals surface area contributed by atoms with Crippen LogP contribution >= 0.6 is 11.8 Å². The van der Waals surface area contributed by atoms with Crippen LogP contribution < -0.4 is 4.74 Å². The van der Waals surface area contributed by atoms with E-state index in [1.54, 1.807) is 19.2 Å². The molecule has 0 amide bonds. The Morgan fingerprint density at radius 1 is 1.22 bits per heavy atom. The largest absolute Gasteiger partial charge is 0.497 e. The highest BCUT2D eigenvalue weighted by atomic mass is 32.2. The monoisotopic (exact) mass is 264 g/mol. The van der Waals surface area contributed by atoms with Crippen LogP contribution in [0.3, 0.4) is 0 Å². The van der Waals surface area contributed by atoms with E-state index < -0.39 is 0 Å². The smallest absolute Gasteiger partial charge is 0.137 e. The van der Waals surface area contributed by atoms with Gasteiger partial charge in [0, 0.05) is 9.79 Å². The summed E-state index contributed by atoms with van der Waals surface area (Å²) < 4.78 is 18.9. The summed E-state index contributed by atoms with van der Waals surface area (Å²) in [5.74, 6) is 0.418. The Balaban J connectivity index is 2.22. The van der Waals surface area contributed by atoms with Crippen molar-refractivity contribution < 1.29 is 14.2 Å². The highest BCUT2D eigenvalue weighted by Crippen LogP contribution is 2.32. The number of ether oxygens (including phenoxy) is 1. The fourth-order valence-corrected chi connectivity index (χ4v) is 2.39. The molecule has 0 spiro atoms. The van der Waals surface area contributed by atoms with Crippen molar-refractivity contribution in [2.24, 2.45) is 0 Å². The van der Waals surface area contributed by atoms with Crippen molar-refractivity contribution >= 4 is 11.8 Å². The number of rotatable bonds is 4. The lowest BCUT2D eigenvalue weighted by Gasteiger charge is -2.06. The van der Waals surface area contributed by atoms with Crippen molar-refractivity contribution in [1.29, 1.82) is 0 Å². The Morgan fingerprint density at radius 2 is 2.06 bits per heavy atom. The van der Waals surface area contributed by atoms with Crippen LogP contribution in [-0.2, 0) is 6.61 Å². The van der Waals surface area contributed by atoms with E-state index in [1.807, 2.05) is 24.3 Å². The zero-order chi connectivity index (χ0) is 13.0. The van der Waals surface area contributed by atoms with Gasteiger partial charge in [0.25, 0.3) is 0 Å². The summed E-state index contributed by atoms with van der Waals surface area (Å²) in [6.45, 7) is -0.152. The van der Waals surface area contributed by atoms with Gasteiger partial charge in [-0.25, -0.2) is 4.39 Å². The molecule has 0 aliphatic carbocycles. The molecule has 0 bridgehead atoms. The standard InChI is InChI=1S/C14H13FO2S/c1-17-11-3-2-4-12(8-11)18-14-6-5-10(9-16)7-13(14)15/h2-8,16H,9H2,1H3. The minimum atomic E-state index is -0.325. The summed E-state index contributed by atoms with van der Waals surface area (Å²) in [7, 11) is 1.60. The van der Waals surface area contributed by atoms with Crippen molar-refractivity contribution in [1.82, 2.24) is 0 Å². The predicted molar refractivity (Wildman–Crippen MR) is 69.4 cm³/mol. The Bertz CT molecular complexity index is 543. The molecule has 0 radical (unpaired) electrons. The molecule has 0 fully saturated rings. The minimum Gasteiger partial charge on any atom is -0.497 e. The van der Waals surface area contributed by atoms with Crippen LogP contribution in [0.15, 0.2) is 52.3 Å². The first-order valence-electron chi connectivity index (χ1n) is 5.44. The third kappa shape index (κ3) is 3.03. The summed E-state index contributed by atoms with van der Waals surface area (Å²) >= 11 is 1.33. The molecule has 0 heterocycles. The van der Waals surface area contributed by atoms with Gasteiger partial charge in [-0.15, -0.1) is 0 Å². The highest BCUT2D eigenvalue weighted by molar-refractivity contribution is 7.99. The van der Waals surface area contributed by atoms with Gasteiger partial charge in [0.2, 0.25) is 0 Å². The summed E-state index contributed by atoms with van der Waals surface area (Å²) in [6, 6.07) is 12.2. The molecular weight excluding hydrogens is 251 g/mol. The molecule has 0 aromatic heterocycles. The van der Waals surface area contributed by atoms with Gasteiger partial charge >= 0.3 is 0 Å². The number of aliphatic hydroxyl groups excluding tert-OH is 1. The van der Waals surface area contributed by atoms with E-state index in [1.165, 1.54) is 17.8 Å². The molecule has 2 aromatic rings. The Labute approximate surface area is 109 Å². The molecule has 1 N–H and O–H groups in total. The average Bonchev–Trinajstić information content (AvgIpc) is 2.41. The van der Waals surface area contributed by atoms with E-state index in [-0.39, 0.29) is 12.4 Å². The molecule has 2 rings (SSSR count). The third-order valence-corrected chi connectivity index (χ3v) is 3.49. The zero-order valence-electron chi connectivity index (χ0n) is 9.89. The van der Waals surface area contributed by atoms with Crippen molar-refractivity contribution in [3.8, 4) is 5.75 Å². The second-order valence-electron chi connectivity index (χ2n) is 3.70. The maximum atomic E-state index is 13.7. The number of methoxy groups -OCH3 is 1. The van der Waals surface area contributed by atoms with Crippen LogP contribution in [0.25, 0.3) is 0 Å². The third-order valence-electron chi connectivity index (χ3n) is 2.45. The molecule has 0 saturated carbocycles. The Kier molecular flexibility index (Phi) is 4.23. The van der Waals surface area contributed by atoms with Crippen LogP contribution in [0.4, 0.5) is 4.39 Å². The molecule has 0 saturated heterocycles. The SMILES string of the molecule is COc1cccc(Sc2ccc(CO)cc2F)c1. The fourth-order valence-electron chi connectivity index (χ4n) is 1.52. The van der Waals surface area contributed by atoms with Gasteiger partial charge in [-0.3, -0.25) is 0 Å². The Hall–Kier alpha value is -1.52. The summed E-state index contributed by atoms with van der Waals surface area (Å²) in [6.07, 6.45) is 0. The number of benzene rings is 2. The number of hydrogen-bond donors (Lipinski definition) is 1. The number of halogens is 1. The quantitative estimate of drug-likeness (QED) is 0.916. The molecule has 0 atom stereocenters. The van der Waals surface area contributed by atoms with Gasteiger partial charge in [0.05, 0.1) is 13.7 Å². The molecule has 18 heavy (non-hydrogen) atoms. The van der Waals surface area contributed by atoms with Crippen LogP contribution in [0.2, 0.25) is 0 Å². The zero-order valence-corrected chi connectivity index (χ0v) is 10.7.